The molecule has 1 saturated carbocycles. The van der Waals surface area contributed by atoms with Crippen molar-refractivity contribution in [3.05, 3.63) is 64.7 Å². The number of amides is 1. The molecule has 2 aromatic carbocycles. The van der Waals surface area contributed by atoms with Crippen LogP contribution in [-0.2, 0) is 23.9 Å². The standard InChI is InChI=1S/C31H38F3N3O/c1-20(2)30(29(38)35-13-11-22-8-9-24(31(32,33)34)14-23(22)17-35)12-10-25(16-30)36-18-27-15-26(36)19-37(27)28-7-5-4-6-21(28)3/h4-9,14,20,25-27H,10-13,15-19H2,1-3H3. The number of benzene rings is 2. The number of anilines is 1. The van der Waals surface area contributed by atoms with Crippen LogP contribution < -0.4 is 4.90 Å². The van der Waals surface area contributed by atoms with Crippen LogP contribution >= 0.6 is 0 Å². The second kappa shape index (κ2) is 9.29. The molecule has 4 nitrogen and oxygen atoms in total. The van der Waals surface area contributed by atoms with Gasteiger partial charge in [-0.2, -0.15) is 13.2 Å². The van der Waals surface area contributed by atoms with Gasteiger partial charge in [-0.15, -0.1) is 0 Å². The second-order valence-corrected chi connectivity index (χ2v) is 12.3. The molecule has 2 aromatic rings. The first-order chi connectivity index (χ1) is 18.1. The van der Waals surface area contributed by atoms with Gasteiger partial charge in [-0.05, 0) is 79.8 Å². The summed E-state index contributed by atoms with van der Waals surface area (Å²) < 4.78 is 40.0. The summed E-state index contributed by atoms with van der Waals surface area (Å²) in [5.74, 6) is 0.329. The van der Waals surface area contributed by atoms with Gasteiger partial charge in [0, 0.05) is 50.0 Å². The van der Waals surface area contributed by atoms with Gasteiger partial charge in [-0.1, -0.05) is 38.1 Å². The Morgan fingerprint density at radius 3 is 2.50 bits per heavy atom. The van der Waals surface area contributed by atoms with Gasteiger partial charge in [-0.25, -0.2) is 0 Å². The van der Waals surface area contributed by atoms with E-state index in [1.807, 2.05) is 4.90 Å². The van der Waals surface area contributed by atoms with E-state index in [1.54, 1.807) is 6.07 Å². The lowest BCUT2D eigenvalue weighted by atomic mass is 9.73. The first-order valence-corrected chi connectivity index (χ1v) is 14.1. The summed E-state index contributed by atoms with van der Waals surface area (Å²) in [5, 5.41) is 0. The summed E-state index contributed by atoms with van der Waals surface area (Å²) >= 11 is 0. The number of rotatable bonds is 4. The number of alkyl halides is 3. The number of hydrogen-bond acceptors (Lipinski definition) is 3. The van der Waals surface area contributed by atoms with Gasteiger partial charge in [0.15, 0.2) is 0 Å². The number of likely N-dealkylation sites (tertiary alicyclic amines) is 1. The fourth-order valence-electron chi connectivity index (χ4n) is 7.84. The number of hydrogen-bond donors (Lipinski definition) is 0. The Kier molecular flexibility index (Phi) is 6.29. The van der Waals surface area contributed by atoms with Crippen molar-refractivity contribution in [1.29, 1.82) is 0 Å². The molecule has 1 amide bonds. The van der Waals surface area contributed by atoms with E-state index in [1.165, 1.54) is 23.7 Å². The second-order valence-electron chi connectivity index (χ2n) is 12.3. The maximum atomic E-state index is 14.1. The molecule has 7 heteroatoms. The van der Waals surface area contributed by atoms with Gasteiger partial charge >= 0.3 is 6.18 Å². The summed E-state index contributed by atoms with van der Waals surface area (Å²) in [6.07, 6.45) is 0.140. The Labute approximate surface area is 223 Å². The summed E-state index contributed by atoms with van der Waals surface area (Å²) in [7, 11) is 0. The summed E-state index contributed by atoms with van der Waals surface area (Å²) in [6.45, 7) is 9.42. The van der Waals surface area contributed by atoms with Crippen LogP contribution in [0, 0.1) is 18.3 Å². The van der Waals surface area contributed by atoms with E-state index >= 15 is 0 Å². The van der Waals surface area contributed by atoms with Crippen molar-refractivity contribution in [3.8, 4) is 0 Å². The number of halogens is 3. The van der Waals surface area contributed by atoms with Crippen molar-refractivity contribution in [2.45, 2.75) is 83.7 Å². The van der Waals surface area contributed by atoms with E-state index in [9.17, 15) is 18.0 Å². The molecule has 2 bridgehead atoms. The number of carbonyl (C=O) groups excluding carboxylic acids is 1. The van der Waals surface area contributed by atoms with Crippen LogP contribution in [0.4, 0.5) is 18.9 Å². The van der Waals surface area contributed by atoms with Crippen molar-refractivity contribution >= 4 is 11.6 Å². The third kappa shape index (κ3) is 4.21. The molecule has 3 aliphatic heterocycles. The van der Waals surface area contributed by atoms with E-state index < -0.39 is 17.2 Å². The van der Waals surface area contributed by atoms with Crippen molar-refractivity contribution in [1.82, 2.24) is 9.80 Å². The van der Waals surface area contributed by atoms with E-state index in [4.69, 9.17) is 0 Å². The molecule has 4 atom stereocenters. The molecule has 0 aromatic heterocycles. The fourth-order valence-corrected chi connectivity index (χ4v) is 7.84. The van der Waals surface area contributed by atoms with E-state index in [0.29, 0.717) is 36.7 Å². The van der Waals surface area contributed by atoms with Gasteiger partial charge < -0.3 is 9.80 Å². The summed E-state index contributed by atoms with van der Waals surface area (Å²) in [5.41, 5.74) is 3.16. The average molecular weight is 526 g/mol. The normalized spacial score (nSPS) is 29.4. The monoisotopic (exact) mass is 525 g/mol. The van der Waals surface area contributed by atoms with Crippen LogP contribution in [0.3, 0.4) is 0 Å². The number of para-hydroxylation sites is 1. The maximum Gasteiger partial charge on any atom is 0.416 e. The largest absolute Gasteiger partial charge is 0.416 e. The molecular formula is C31H38F3N3O. The lowest BCUT2D eigenvalue weighted by molar-refractivity contribution is -0.146. The smallest absolute Gasteiger partial charge is 0.365 e. The van der Waals surface area contributed by atoms with E-state index in [0.717, 1.165) is 44.0 Å². The number of nitrogens with zero attached hydrogens (tertiary/aromatic N) is 3. The molecule has 3 heterocycles. The molecule has 6 rings (SSSR count). The highest BCUT2D eigenvalue weighted by Crippen LogP contribution is 2.50. The quantitative estimate of drug-likeness (QED) is 0.486. The topological polar surface area (TPSA) is 26.8 Å². The highest BCUT2D eigenvalue weighted by atomic mass is 19.4. The molecule has 4 aliphatic rings. The van der Waals surface area contributed by atoms with Gasteiger partial charge in [0.1, 0.15) is 0 Å². The zero-order valence-electron chi connectivity index (χ0n) is 22.6. The van der Waals surface area contributed by atoms with Crippen LogP contribution in [0.1, 0.15) is 61.8 Å². The van der Waals surface area contributed by atoms with Crippen LogP contribution in [0.2, 0.25) is 0 Å². The van der Waals surface area contributed by atoms with Crippen molar-refractivity contribution in [3.63, 3.8) is 0 Å². The molecule has 4 unspecified atom stereocenters. The van der Waals surface area contributed by atoms with Crippen LogP contribution in [-0.4, -0.2) is 53.5 Å². The molecule has 0 spiro atoms. The van der Waals surface area contributed by atoms with E-state index in [-0.39, 0.29) is 18.4 Å². The van der Waals surface area contributed by atoms with Crippen molar-refractivity contribution in [2.24, 2.45) is 11.3 Å². The van der Waals surface area contributed by atoms with Crippen molar-refractivity contribution in [2.75, 3.05) is 24.5 Å². The van der Waals surface area contributed by atoms with Gasteiger partial charge in [0.2, 0.25) is 5.91 Å². The van der Waals surface area contributed by atoms with Gasteiger partial charge in [-0.3, -0.25) is 9.69 Å². The molecule has 2 saturated heterocycles. The first kappa shape index (κ1) is 25.7. The van der Waals surface area contributed by atoms with Crippen LogP contribution in [0.25, 0.3) is 0 Å². The zero-order chi connectivity index (χ0) is 26.8. The highest BCUT2D eigenvalue weighted by Gasteiger charge is 2.54. The molecule has 1 aliphatic carbocycles. The zero-order valence-corrected chi connectivity index (χ0v) is 22.6. The third-order valence-corrected chi connectivity index (χ3v) is 10.1. The Bertz CT molecular complexity index is 1230. The molecule has 0 N–H and O–H groups in total. The number of fused-ring (bicyclic) bond motifs is 3. The third-order valence-electron chi connectivity index (χ3n) is 10.1. The lowest BCUT2D eigenvalue weighted by Gasteiger charge is -2.42. The predicted octanol–water partition coefficient (Wildman–Crippen LogP) is 6.06. The van der Waals surface area contributed by atoms with E-state index in [2.05, 4.69) is 54.8 Å². The predicted molar refractivity (Wildman–Crippen MR) is 143 cm³/mol. The molecule has 3 fully saturated rings. The fraction of sp³-hybridized carbons (Fsp3) is 0.581. The molecule has 38 heavy (non-hydrogen) atoms. The molecular weight excluding hydrogens is 487 g/mol. The SMILES string of the molecule is Cc1ccccc1N1CC2CC1CN2C1CCC(C(=O)N2CCc3ccc(C(F)(F)F)cc3C2)(C(C)C)C1. The van der Waals surface area contributed by atoms with Gasteiger partial charge in [0.05, 0.1) is 11.0 Å². The summed E-state index contributed by atoms with van der Waals surface area (Å²) in [4.78, 5) is 21.2. The Morgan fingerprint density at radius 1 is 1.03 bits per heavy atom. The Hall–Kier alpha value is -2.54. The Morgan fingerprint density at radius 2 is 1.82 bits per heavy atom. The Balaban J connectivity index is 1.16. The minimum atomic E-state index is -4.37. The van der Waals surface area contributed by atoms with Gasteiger partial charge in [0.25, 0.3) is 0 Å². The van der Waals surface area contributed by atoms with Crippen molar-refractivity contribution < 1.29 is 18.0 Å². The highest BCUT2D eigenvalue weighted by molar-refractivity contribution is 5.84. The number of aryl methyl sites for hydroxylation is 1. The first-order valence-electron chi connectivity index (χ1n) is 14.1. The molecule has 0 radical (unpaired) electrons. The molecule has 204 valence electrons. The minimum absolute atomic E-state index is 0.143. The van der Waals surface area contributed by atoms with Crippen LogP contribution in [0.15, 0.2) is 42.5 Å². The maximum absolute atomic E-state index is 14.1. The van der Waals surface area contributed by atoms with Crippen LogP contribution in [0.5, 0.6) is 0 Å². The lowest BCUT2D eigenvalue weighted by Crippen LogP contribution is -2.51. The number of piperazine rings is 1. The summed E-state index contributed by atoms with van der Waals surface area (Å²) in [6, 6.07) is 14.1. The average Bonchev–Trinajstić information content (AvgIpc) is 3.62. The number of carbonyl (C=O) groups is 1. The minimum Gasteiger partial charge on any atom is -0.365 e.